The van der Waals surface area contributed by atoms with Gasteiger partial charge in [-0.25, -0.2) is 4.79 Å². The van der Waals surface area contributed by atoms with Crippen molar-refractivity contribution in [2.75, 3.05) is 53.1 Å². The molecular formula is C26H39F3N2O6. The molecule has 11 heteroatoms. The number of halogens is 3. The second kappa shape index (κ2) is 14.0. The Kier molecular flexibility index (Phi) is 11.6. The first-order valence-electron chi connectivity index (χ1n) is 12.5. The minimum atomic E-state index is -5.08. The number of likely N-dealkylation sites (tertiary alicyclic amines) is 1. The van der Waals surface area contributed by atoms with Crippen LogP contribution >= 0.6 is 0 Å². The van der Waals surface area contributed by atoms with Gasteiger partial charge < -0.3 is 24.2 Å². The van der Waals surface area contributed by atoms with Gasteiger partial charge in [0.15, 0.2) is 6.61 Å². The number of ether oxygens (including phenoxy) is 3. The number of carbonyl (C=O) groups is 2. The Balaban J connectivity index is 0.000000604. The van der Waals surface area contributed by atoms with Gasteiger partial charge in [0.05, 0.1) is 19.3 Å². The lowest BCUT2D eigenvalue weighted by Gasteiger charge is -2.38. The maximum atomic E-state index is 12.6. The van der Waals surface area contributed by atoms with Crippen molar-refractivity contribution in [3.8, 4) is 5.75 Å². The number of rotatable bonds is 9. The molecule has 0 aromatic heterocycles. The van der Waals surface area contributed by atoms with Crippen molar-refractivity contribution < 1.29 is 42.1 Å². The highest BCUT2D eigenvalue weighted by Crippen LogP contribution is 2.42. The number of aliphatic carboxylic acids is 1. The van der Waals surface area contributed by atoms with Crippen LogP contribution in [0.2, 0.25) is 0 Å². The molecule has 0 aliphatic carbocycles. The summed E-state index contributed by atoms with van der Waals surface area (Å²) in [5.74, 6) is -1.93. The van der Waals surface area contributed by atoms with Gasteiger partial charge >= 0.3 is 12.1 Å². The van der Waals surface area contributed by atoms with E-state index < -0.39 is 12.1 Å². The third kappa shape index (κ3) is 10.1. The molecule has 1 spiro atoms. The fourth-order valence-corrected chi connectivity index (χ4v) is 4.49. The van der Waals surface area contributed by atoms with E-state index in [-0.39, 0.29) is 24.0 Å². The molecular weight excluding hydrogens is 493 g/mol. The van der Waals surface area contributed by atoms with Crippen molar-refractivity contribution in [1.82, 2.24) is 9.80 Å². The molecule has 2 saturated heterocycles. The summed E-state index contributed by atoms with van der Waals surface area (Å²) in [6, 6.07) is 8.30. The van der Waals surface area contributed by atoms with Crippen LogP contribution in [0.4, 0.5) is 13.2 Å². The standard InChI is InChI=1S/C24H38N2O4.C2HF3O2/c1-19(2)26(13-14-28-4)16-22-15-24(18-30-22)9-11-25(12-10-24)23(27)17-29-21-7-5-20(3)6-8-21;3-2(4,5)1(6)7/h5-8,19,22H,9-18H2,1-4H3;(H,6,7). The Morgan fingerprint density at radius 1 is 1.22 bits per heavy atom. The molecule has 1 atom stereocenters. The highest BCUT2D eigenvalue weighted by atomic mass is 19.4. The predicted octanol–water partition coefficient (Wildman–Crippen LogP) is 3.76. The smallest absolute Gasteiger partial charge is 0.484 e. The zero-order chi connectivity index (χ0) is 27.6. The van der Waals surface area contributed by atoms with Crippen LogP contribution in [0.25, 0.3) is 0 Å². The Labute approximate surface area is 216 Å². The molecule has 1 unspecified atom stereocenters. The number of hydrogen-bond acceptors (Lipinski definition) is 6. The number of carbonyl (C=O) groups excluding carboxylic acids is 1. The molecule has 8 nitrogen and oxygen atoms in total. The van der Waals surface area contributed by atoms with Crippen LogP contribution in [0.15, 0.2) is 24.3 Å². The van der Waals surface area contributed by atoms with Gasteiger partial charge in [0, 0.05) is 39.3 Å². The van der Waals surface area contributed by atoms with Gasteiger partial charge in [-0.05, 0) is 57.6 Å². The highest BCUT2D eigenvalue weighted by molar-refractivity contribution is 5.77. The summed E-state index contributed by atoms with van der Waals surface area (Å²) in [6.45, 7) is 11.6. The summed E-state index contributed by atoms with van der Waals surface area (Å²) in [5, 5.41) is 7.12. The van der Waals surface area contributed by atoms with Crippen molar-refractivity contribution in [2.24, 2.45) is 5.41 Å². The zero-order valence-corrected chi connectivity index (χ0v) is 22.1. The first-order chi connectivity index (χ1) is 17.3. The Hall–Kier alpha value is -2.37. The molecule has 0 radical (unpaired) electrons. The van der Waals surface area contributed by atoms with E-state index in [1.807, 2.05) is 36.1 Å². The molecule has 1 amide bonds. The van der Waals surface area contributed by atoms with Gasteiger partial charge in [-0.15, -0.1) is 0 Å². The molecule has 1 aromatic rings. The van der Waals surface area contributed by atoms with E-state index in [2.05, 4.69) is 18.7 Å². The SMILES string of the molecule is COCCN(CC1CC2(CCN(C(=O)COc3ccc(C)cc3)CC2)CO1)C(C)C.O=C(O)C(F)(F)F. The van der Waals surface area contributed by atoms with Gasteiger partial charge in [0.1, 0.15) is 5.75 Å². The Morgan fingerprint density at radius 3 is 2.32 bits per heavy atom. The zero-order valence-electron chi connectivity index (χ0n) is 22.1. The van der Waals surface area contributed by atoms with Crippen LogP contribution in [-0.4, -0.2) is 98.2 Å². The van der Waals surface area contributed by atoms with Crippen LogP contribution in [-0.2, 0) is 19.1 Å². The van der Waals surface area contributed by atoms with Crippen LogP contribution in [0.5, 0.6) is 5.75 Å². The van der Waals surface area contributed by atoms with Gasteiger partial charge in [0.2, 0.25) is 0 Å². The monoisotopic (exact) mass is 532 g/mol. The van der Waals surface area contributed by atoms with Crippen LogP contribution in [0.1, 0.15) is 38.7 Å². The maximum Gasteiger partial charge on any atom is 0.490 e. The number of carboxylic acid groups (broad SMARTS) is 1. The minimum Gasteiger partial charge on any atom is -0.484 e. The van der Waals surface area contributed by atoms with Crippen molar-refractivity contribution in [3.63, 3.8) is 0 Å². The second-order valence-electron chi connectivity index (χ2n) is 10.0. The average Bonchev–Trinajstić information content (AvgIpc) is 3.23. The van der Waals surface area contributed by atoms with Gasteiger partial charge in [-0.2, -0.15) is 13.2 Å². The number of nitrogens with zero attached hydrogens (tertiary/aromatic N) is 2. The number of piperidine rings is 1. The summed E-state index contributed by atoms with van der Waals surface area (Å²) in [4.78, 5) is 25.9. The fourth-order valence-electron chi connectivity index (χ4n) is 4.49. The number of alkyl halides is 3. The maximum absolute atomic E-state index is 12.6. The van der Waals surface area contributed by atoms with Gasteiger partial charge in [-0.1, -0.05) is 17.7 Å². The summed E-state index contributed by atoms with van der Waals surface area (Å²) in [7, 11) is 1.75. The molecule has 210 valence electrons. The van der Waals surface area contributed by atoms with E-state index in [0.29, 0.717) is 6.04 Å². The number of carboxylic acids is 1. The van der Waals surface area contributed by atoms with E-state index in [0.717, 1.165) is 64.4 Å². The molecule has 0 bridgehead atoms. The van der Waals surface area contributed by atoms with E-state index >= 15 is 0 Å². The predicted molar refractivity (Wildman–Crippen MR) is 132 cm³/mol. The number of hydrogen-bond donors (Lipinski definition) is 1. The first kappa shape index (κ1) is 30.9. The fraction of sp³-hybridized carbons (Fsp3) is 0.692. The molecule has 1 aromatic carbocycles. The van der Waals surface area contributed by atoms with Crippen LogP contribution < -0.4 is 4.74 Å². The van der Waals surface area contributed by atoms with E-state index in [1.54, 1.807) is 7.11 Å². The summed E-state index contributed by atoms with van der Waals surface area (Å²) in [5.41, 5.74) is 1.41. The summed E-state index contributed by atoms with van der Waals surface area (Å²) < 4.78 is 48.9. The molecule has 2 aliphatic rings. The molecule has 1 N–H and O–H groups in total. The molecule has 0 saturated carbocycles. The van der Waals surface area contributed by atoms with Gasteiger partial charge in [0.25, 0.3) is 5.91 Å². The molecule has 2 heterocycles. The topological polar surface area (TPSA) is 88.5 Å². The van der Waals surface area contributed by atoms with Crippen LogP contribution in [0, 0.1) is 12.3 Å². The normalized spacial score (nSPS) is 19.2. The average molecular weight is 533 g/mol. The lowest BCUT2D eigenvalue weighted by molar-refractivity contribution is -0.192. The van der Waals surface area contributed by atoms with Crippen molar-refractivity contribution in [2.45, 2.75) is 58.4 Å². The number of methoxy groups -OCH3 is 1. The number of aryl methyl sites for hydroxylation is 1. The number of amides is 1. The van der Waals surface area contributed by atoms with Crippen molar-refractivity contribution in [1.29, 1.82) is 0 Å². The van der Waals surface area contributed by atoms with Crippen molar-refractivity contribution >= 4 is 11.9 Å². The second-order valence-corrected chi connectivity index (χ2v) is 10.0. The molecule has 2 aliphatic heterocycles. The first-order valence-corrected chi connectivity index (χ1v) is 12.5. The largest absolute Gasteiger partial charge is 0.490 e. The Morgan fingerprint density at radius 2 is 1.81 bits per heavy atom. The van der Waals surface area contributed by atoms with E-state index in [9.17, 15) is 18.0 Å². The summed E-state index contributed by atoms with van der Waals surface area (Å²) >= 11 is 0. The third-order valence-corrected chi connectivity index (χ3v) is 6.84. The Bertz CT molecular complexity index is 855. The van der Waals surface area contributed by atoms with Crippen LogP contribution in [0.3, 0.4) is 0 Å². The van der Waals surface area contributed by atoms with E-state index in [1.165, 1.54) is 5.56 Å². The quantitative estimate of drug-likeness (QED) is 0.518. The van der Waals surface area contributed by atoms with E-state index in [4.69, 9.17) is 24.1 Å². The molecule has 3 rings (SSSR count). The molecule has 37 heavy (non-hydrogen) atoms. The lowest BCUT2D eigenvalue weighted by atomic mass is 9.76. The third-order valence-electron chi connectivity index (χ3n) is 6.84. The minimum absolute atomic E-state index is 0.0754. The van der Waals surface area contributed by atoms with Gasteiger partial charge in [-0.3, -0.25) is 9.69 Å². The summed E-state index contributed by atoms with van der Waals surface area (Å²) in [6.07, 6.45) is -1.69. The lowest BCUT2D eigenvalue weighted by Crippen LogP contribution is -2.45. The molecule has 2 fully saturated rings. The highest BCUT2D eigenvalue weighted by Gasteiger charge is 2.43. The number of benzene rings is 1. The van der Waals surface area contributed by atoms with Crippen molar-refractivity contribution in [3.05, 3.63) is 29.8 Å².